The third-order valence-corrected chi connectivity index (χ3v) is 3.65. The summed E-state index contributed by atoms with van der Waals surface area (Å²) in [7, 11) is 0. The van der Waals surface area contributed by atoms with Gasteiger partial charge in [-0.1, -0.05) is 12.1 Å². The van der Waals surface area contributed by atoms with Crippen LogP contribution in [0.2, 0.25) is 0 Å². The van der Waals surface area contributed by atoms with E-state index in [1.54, 1.807) is 18.2 Å². The zero-order valence-corrected chi connectivity index (χ0v) is 11.2. The molecule has 1 fully saturated rings. The first kappa shape index (κ1) is 15.9. The second-order valence-corrected chi connectivity index (χ2v) is 5.11. The van der Waals surface area contributed by atoms with Crippen LogP contribution in [0.4, 0.5) is 27.6 Å². The van der Waals surface area contributed by atoms with Gasteiger partial charge in [0.25, 0.3) is 0 Å². The predicted molar refractivity (Wildman–Crippen MR) is 68.5 cm³/mol. The molecule has 2 nitrogen and oxygen atoms in total. The molecular formula is C14H16F5NO. The summed E-state index contributed by atoms with van der Waals surface area (Å²) in [6.07, 6.45) is -3.33. The molecule has 0 bridgehead atoms. The van der Waals surface area contributed by atoms with Gasteiger partial charge in [0.2, 0.25) is 0 Å². The number of ether oxygens (including phenoxy) is 1. The minimum absolute atomic E-state index is 0.00504. The average Bonchev–Trinajstić information content (AvgIpc) is 2.40. The molecule has 0 saturated heterocycles. The van der Waals surface area contributed by atoms with Crippen molar-refractivity contribution in [1.82, 2.24) is 0 Å². The Hall–Kier alpha value is -1.53. The van der Waals surface area contributed by atoms with Crippen LogP contribution in [-0.2, 0) is 0 Å². The van der Waals surface area contributed by atoms with Gasteiger partial charge in [-0.2, -0.15) is 22.0 Å². The third-order valence-electron chi connectivity index (χ3n) is 3.65. The van der Waals surface area contributed by atoms with E-state index >= 15 is 0 Å². The van der Waals surface area contributed by atoms with Crippen LogP contribution in [0.3, 0.4) is 0 Å². The zero-order valence-electron chi connectivity index (χ0n) is 11.2. The molecule has 0 heterocycles. The van der Waals surface area contributed by atoms with E-state index in [0.29, 0.717) is 18.5 Å². The first-order valence-corrected chi connectivity index (χ1v) is 6.73. The van der Waals surface area contributed by atoms with Crippen molar-refractivity contribution in [2.45, 2.75) is 44.5 Å². The quantitative estimate of drug-likeness (QED) is 0.805. The van der Waals surface area contributed by atoms with Crippen molar-refractivity contribution in [3.05, 3.63) is 24.3 Å². The molecule has 1 N–H and O–H groups in total. The number of halogens is 5. The molecular weight excluding hydrogens is 293 g/mol. The van der Waals surface area contributed by atoms with Gasteiger partial charge in [-0.15, -0.1) is 0 Å². The molecule has 0 aliphatic heterocycles. The Morgan fingerprint density at radius 1 is 1.05 bits per heavy atom. The SMILES string of the molecule is FC(F)Oc1ccccc1NC1CCC(C(F)(F)F)CC1. The van der Waals surface area contributed by atoms with Gasteiger partial charge in [-0.25, -0.2) is 0 Å². The summed E-state index contributed by atoms with van der Waals surface area (Å²) in [5, 5.41) is 3.00. The highest BCUT2D eigenvalue weighted by Gasteiger charge is 2.41. The normalized spacial score (nSPS) is 23.1. The van der Waals surface area contributed by atoms with Gasteiger partial charge >= 0.3 is 12.8 Å². The Morgan fingerprint density at radius 3 is 2.24 bits per heavy atom. The fourth-order valence-electron chi connectivity index (χ4n) is 2.57. The second-order valence-electron chi connectivity index (χ2n) is 5.11. The number of hydrogen-bond acceptors (Lipinski definition) is 2. The van der Waals surface area contributed by atoms with Crippen LogP contribution in [0.1, 0.15) is 25.7 Å². The van der Waals surface area contributed by atoms with Crippen LogP contribution in [0.5, 0.6) is 5.75 Å². The fraction of sp³-hybridized carbons (Fsp3) is 0.571. The minimum atomic E-state index is -4.15. The summed E-state index contributed by atoms with van der Waals surface area (Å²) in [5.74, 6) is -1.26. The zero-order chi connectivity index (χ0) is 15.5. The van der Waals surface area contributed by atoms with Crippen molar-refractivity contribution in [3.63, 3.8) is 0 Å². The van der Waals surface area contributed by atoms with Crippen molar-refractivity contribution in [2.75, 3.05) is 5.32 Å². The highest BCUT2D eigenvalue weighted by molar-refractivity contribution is 5.56. The average molecular weight is 309 g/mol. The molecule has 2 rings (SSSR count). The Morgan fingerprint density at radius 2 is 1.67 bits per heavy atom. The molecule has 0 radical (unpaired) electrons. The molecule has 7 heteroatoms. The van der Waals surface area contributed by atoms with Crippen LogP contribution in [0.25, 0.3) is 0 Å². The summed E-state index contributed by atoms with van der Waals surface area (Å²) in [5.41, 5.74) is 0.383. The number of rotatable bonds is 4. The molecule has 0 unspecified atom stereocenters. The Labute approximate surface area is 119 Å². The maximum atomic E-state index is 12.6. The number of nitrogens with one attached hydrogen (secondary N) is 1. The number of anilines is 1. The monoisotopic (exact) mass is 309 g/mol. The van der Waals surface area contributed by atoms with Crippen molar-refractivity contribution >= 4 is 5.69 Å². The molecule has 1 aliphatic rings. The van der Waals surface area contributed by atoms with E-state index in [2.05, 4.69) is 10.1 Å². The molecule has 0 aromatic heterocycles. The second kappa shape index (κ2) is 6.49. The lowest BCUT2D eigenvalue weighted by Crippen LogP contribution is -2.32. The Balaban J connectivity index is 1.95. The fourth-order valence-corrected chi connectivity index (χ4v) is 2.57. The van der Waals surface area contributed by atoms with Crippen molar-refractivity contribution in [2.24, 2.45) is 5.92 Å². The van der Waals surface area contributed by atoms with Crippen molar-refractivity contribution in [1.29, 1.82) is 0 Å². The summed E-state index contributed by atoms with van der Waals surface area (Å²) in [4.78, 5) is 0. The van der Waals surface area contributed by atoms with Gasteiger partial charge in [0.1, 0.15) is 5.75 Å². The van der Waals surface area contributed by atoms with Gasteiger partial charge < -0.3 is 10.1 Å². The smallest absolute Gasteiger partial charge is 0.391 e. The first-order chi connectivity index (χ1) is 9.86. The van der Waals surface area contributed by atoms with E-state index < -0.39 is 18.7 Å². The van der Waals surface area contributed by atoms with E-state index in [1.807, 2.05) is 0 Å². The van der Waals surface area contributed by atoms with Gasteiger partial charge in [0.15, 0.2) is 0 Å². The number of para-hydroxylation sites is 2. The molecule has 0 atom stereocenters. The third kappa shape index (κ3) is 4.47. The van der Waals surface area contributed by atoms with E-state index in [0.717, 1.165) is 0 Å². The minimum Gasteiger partial charge on any atom is -0.433 e. The summed E-state index contributed by atoms with van der Waals surface area (Å²) in [6.45, 7) is -2.94. The van der Waals surface area contributed by atoms with Gasteiger partial charge in [-0.3, -0.25) is 0 Å². The number of benzene rings is 1. The highest BCUT2D eigenvalue weighted by Crippen LogP contribution is 2.38. The van der Waals surface area contributed by atoms with E-state index in [-0.39, 0.29) is 24.6 Å². The van der Waals surface area contributed by atoms with Crippen LogP contribution in [-0.4, -0.2) is 18.8 Å². The molecule has 1 aromatic carbocycles. The first-order valence-electron chi connectivity index (χ1n) is 6.73. The largest absolute Gasteiger partial charge is 0.433 e. The van der Waals surface area contributed by atoms with E-state index in [9.17, 15) is 22.0 Å². The topological polar surface area (TPSA) is 21.3 Å². The maximum Gasteiger partial charge on any atom is 0.391 e. The molecule has 0 spiro atoms. The molecule has 118 valence electrons. The highest BCUT2D eigenvalue weighted by atomic mass is 19.4. The molecule has 1 aliphatic carbocycles. The lowest BCUT2D eigenvalue weighted by molar-refractivity contribution is -0.182. The summed E-state index contributed by atoms with van der Waals surface area (Å²) in [6, 6.07) is 6.03. The lowest BCUT2D eigenvalue weighted by atomic mass is 9.85. The summed E-state index contributed by atoms with van der Waals surface area (Å²) >= 11 is 0. The van der Waals surface area contributed by atoms with Crippen LogP contribution in [0.15, 0.2) is 24.3 Å². The van der Waals surface area contributed by atoms with Gasteiger partial charge in [-0.05, 0) is 37.8 Å². The van der Waals surface area contributed by atoms with Gasteiger partial charge in [0.05, 0.1) is 11.6 Å². The molecule has 21 heavy (non-hydrogen) atoms. The lowest BCUT2D eigenvalue weighted by Gasteiger charge is -2.31. The Kier molecular flexibility index (Phi) is 4.90. The standard InChI is InChI=1S/C14H16F5NO/c15-13(16)21-12-4-2-1-3-11(12)20-10-7-5-9(6-8-10)14(17,18)19/h1-4,9-10,13,20H,5-8H2. The van der Waals surface area contributed by atoms with Crippen LogP contribution >= 0.6 is 0 Å². The van der Waals surface area contributed by atoms with Crippen LogP contribution < -0.4 is 10.1 Å². The van der Waals surface area contributed by atoms with Crippen LogP contribution in [0, 0.1) is 5.92 Å². The molecule has 1 saturated carbocycles. The molecule has 1 aromatic rings. The summed E-state index contributed by atoms with van der Waals surface area (Å²) < 4.78 is 66.7. The Bertz CT molecular complexity index is 455. The predicted octanol–water partition coefficient (Wildman–Crippen LogP) is 4.82. The van der Waals surface area contributed by atoms with Gasteiger partial charge in [0, 0.05) is 6.04 Å². The maximum absolute atomic E-state index is 12.6. The van der Waals surface area contributed by atoms with E-state index in [4.69, 9.17) is 0 Å². The van der Waals surface area contributed by atoms with Crippen molar-refractivity contribution < 1.29 is 26.7 Å². The number of alkyl halides is 5. The molecule has 0 amide bonds. The number of hydrogen-bond donors (Lipinski definition) is 1. The van der Waals surface area contributed by atoms with Crippen molar-refractivity contribution in [3.8, 4) is 5.75 Å². The van der Waals surface area contributed by atoms with E-state index in [1.165, 1.54) is 6.07 Å².